The minimum absolute atomic E-state index is 0.296. The van der Waals surface area contributed by atoms with E-state index >= 15 is 0 Å². The number of hydrogen-bond acceptors (Lipinski definition) is 4. The van der Waals surface area contributed by atoms with E-state index in [9.17, 15) is 22.0 Å². The van der Waals surface area contributed by atoms with Crippen molar-refractivity contribution in [2.24, 2.45) is 0 Å². The first-order chi connectivity index (χ1) is 14.7. The van der Waals surface area contributed by atoms with Gasteiger partial charge < -0.3 is 18.0 Å². The van der Waals surface area contributed by atoms with Crippen LogP contribution in [0.1, 0.15) is 63.4 Å². The van der Waals surface area contributed by atoms with Crippen LogP contribution in [0.4, 0.5) is 22.0 Å². The van der Waals surface area contributed by atoms with Crippen LogP contribution in [0.2, 0.25) is 6.04 Å². The van der Waals surface area contributed by atoms with Gasteiger partial charge in [0, 0.05) is 27.4 Å². The van der Waals surface area contributed by atoms with Gasteiger partial charge in [-0.25, -0.2) is 13.2 Å². The molecular weight excluding hydrogens is 439 g/mol. The van der Waals surface area contributed by atoms with Crippen LogP contribution in [-0.2, 0) is 24.1 Å². The monoisotopic (exact) mass is 472 g/mol. The summed E-state index contributed by atoms with van der Waals surface area (Å²) in [6.07, 6.45) is 4.20. The van der Waals surface area contributed by atoms with Crippen molar-refractivity contribution < 1.29 is 40.0 Å². The van der Waals surface area contributed by atoms with Gasteiger partial charge in [0.25, 0.3) is 0 Å². The second-order valence-corrected chi connectivity index (χ2v) is 10.4. The second kappa shape index (κ2) is 14.2. The maximum absolute atomic E-state index is 13.9. The minimum Gasteiger partial charge on any atom is -0.377 e. The summed E-state index contributed by atoms with van der Waals surface area (Å²) in [6.45, 7) is -0.296. The van der Waals surface area contributed by atoms with Crippen LogP contribution in [0.5, 0.6) is 0 Å². The Labute approximate surface area is 182 Å². The smallest absolute Gasteiger partial charge is 0.377 e. The van der Waals surface area contributed by atoms with Crippen LogP contribution < -0.4 is 0 Å². The quantitative estimate of drug-likeness (QED) is 0.111. The van der Waals surface area contributed by atoms with Crippen molar-refractivity contribution in [2.75, 3.05) is 27.9 Å². The number of ether oxygens (including phenoxy) is 1. The number of halogens is 5. The largest absolute Gasteiger partial charge is 0.500 e. The van der Waals surface area contributed by atoms with Crippen LogP contribution in [0.3, 0.4) is 0 Å². The number of alkyl halides is 2. The average molecular weight is 473 g/mol. The summed E-state index contributed by atoms with van der Waals surface area (Å²) in [5.41, 5.74) is -1.30. The average Bonchev–Trinajstić information content (AvgIpc) is 2.75. The topological polar surface area (TPSA) is 36.9 Å². The fourth-order valence-electron chi connectivity index (χ4n) is 3.27. The third kappa shape index (κ3) is 9.13. The van der Waals surface area contributed by atoms with Crippen molar-refractivity contribution in [1.29, 1.82) is 0 Å². The lowest BCUT2D eigenvalue weighted by molar-refractivity contribution is -0.250. The van der Waals surface area contributed by atoms with Gasteiger partial charge in [0.05, 0.1) is 12.2 Å². The number of hydrogen-bond donors (Lipinski definition) is 0. The first kappa shape index (κ1) is 28.0. The van der Waals surface area contributed by atoms with E-state index in [4.69, 9.17) is 13.3 Å². The lowest BCUT2D eigenvalue weighted by Gasteiger charge is -2.24. The summed E-state index contributed by atoms with van der Waals surface area (Å²) in [5.74, 6) is -5.38. The summed E-state index contributed by atoms with van der Waals surface area (Å²) in [6, 6.07) is 1.74. The van der Waals surface area contributed by atoms with E-state index in [-0.39, 0.29) is 6.61 Å². The molecule has 0 aliphatic rings. The van der Waals surface area contributed by atoms with Crippen LogP contribution in [0, 0.1) is 17.5 Å². The normalized spacial score (nSPS) is 12.5. The molecule has 0 saturated carbocycles. The predicted octanol–water partition coefficient (Wildman–Crippen LogP) is 6.56. The van der Waals surface area contributed by atoms with Gasteiger partial charge in [0.15, 0.2) is 17.5 Å². The first-order valence-electron chi connectivity index (χ1n) is 10.5. The molecule has 180 valence electrons. The summed E-state index contributed by atoms with van der Waals surface area (Å²) in [7, 11) is 2.33. The van der Waals surface area contributed by atoms with E-state index in [0.717, 1.165) is 51.0 Å². The third-order valence-electron chi connectivity index (χ3n) is 5.19. The van der Waals surface area contributed by atoms with Gasteiger partial charge in [-0.05, 0) is 25.0 Å². The number of benzene rings is 1. The maximum atomic E-state index is 13.9. The van der Waals surface area contributed by atoms with Crippen molar-refractivity contribution in [3.05, 3.63) is 35.1 Å². The Morgan fingerprint density at radius 1 is 0.710 bits per heavy atom. The summed E-state index contributed by atoms with van der Waals surface area (Å²) in [5, 5.41) is 0. The number of unbranched alkanes of at least 4 members (excludes halogenated alkanes) is 8. The zero-order valence-electron chi connectivity index (χ0n) is 18.5. The molecule has 0 aliphatic heterocycles. The number of rotatable bonds is 17. The molecule has 0 heterocycles. The van der Waals surface area contributed by atoms with E-state index in [1.165, 1.54) is 0 Å². The lowest BCUT2D eigenvalue weighted by atomic mass is 10.1. The Bertz CT molecular complexity index is 636. The van der Waals surface area contributed by atoms with Gasteiger partial charge >= 0.3 is 14.9 Å². The minimum atomic E-state index is -4.01. The highest BCUT2D eigenvalue weighted by Crippen LogP contribution is 2.33. The van der Waals surface area contributed by atoms with Gasteiger partial charge in [0.1, 0.15) is 0 Å². The van der Waals surface area contributed by atoms with Crippen molar-refractivity contribution in [3.63, 3.8) is 0 Å². The van der Waals surface area contributed by atoms with E-state index in [1.807, 2.05) is 0 Å². The molecule has 0 atom stereocenters. The molecule has 0 aliphatic carbocycles. The molecule has 0 aromatic heterocycles. The van der Waals surface area contributed by atoms with E-state index in [0.29, 0.717) is 25.0 Å². The summed E-state index contributed by atoms with van der Waals surface area (Å²) >= 11 is 0. The molecule has 0 unspecified atom stereocenters. The fourth-order valence-corrected chi connectivity index (χ4v) is 5.06. The molecule has 0 amide bonds. The highest BCUT2D eigenvalue weighted by atomic mass is 28.4. The van der Waals surface area contributed by atoms with Gasteiger partial charge in [-0.15, -0.1) is 0 Å². The van der Waals surface area contributed by atoms with Gasteiger partial charge in [-0.1, -0.05) is 44.9 Å². The Balaban J connectivity index is 2.10. The standard InChI is InChI=1S/C21H33F5O4Si/c1-27-31(28-2,29-3)16-12-10-8-6-4-5-7-9-11-15-30-21(25,26)17-13-14-18(22)20(24)19(17)23/h13-14H,4-12,15-16H2,1-3H3. The molecule has 0 bridgehead atoms. The van der Waals surface area contributed by atoms with Crippen LogP contribution >= 0.6 is 0 Å². The van der Waals surface area contributed by atoms with Crippen molar-refractivity contribution in [3.8, 4) is 0 Å². The van der Waals surface area contributed by atoms with Gasteiger partial charge in [-0.2, -0.15) is 8.78 Å². The fraction of sp³-hybridized carbons (Fsp3) is 0.714. The Kier molecular flexibility index (Phi) is 12.8. The molecule has 31 heavy (non-hydrogen) atoms. The highest BCUT2D eigenvalue weighted by molar-refractivity contribution is 6.60. The molecule has 1 rings (SSSR count). The maximum Gasteiger partial charge on any atom is 0.500 e. The Morgan fingerprint density at radius 2 is 1.19 bits per heavy atom. The van der Waals surface area contributed by atoms with Crippen LogP contribution in [0.15, 0.2) is 12.1 Å². The van der Waals surface area contributed by atoms with E-state index in [2.05, 4.69) is 4.74 Å². The van der Waals surface area contributed by atoms with E-state index < -0.39 is 37.9 Å². The molecule has 0 fully saturated rings. The van der Waals surface area contributed by atoms with Crippen molar-refractivity contribution in [1.82, 2.24) is 0 Å². The Hall–Kier alpha value is -1.07. The molecule has 0 spiro atoms. The molecule has 0 radical (unpaired) electrons. The summed E-state index contributed by atoms with van der Waals surface area (Å²) in [4.78, 5) is 0. The molecule has 0 saturated heterocycles. The zero-order chi connectivity index (χ0) is 23.3. The van der Waals surface area contributed by atoms with Crippen molar-refractivity contribution >= 4 is 8.80 Å². The zero-order valence-corrected chi connectivity index (χ0v) is 19.5. The van der Waals surface area contributed by atoms with Crippen LogP contribution in [0.25, 0.3) is 0 Å². The Morgan fingerprint density at radius 3 is 1.71 bits per heavy atom. The summed E-state index contributed by atoms with van der Waals surface area (Å²) < 4.78 is 87.8. The SMILES string of the molecule is CO[Si](CCCCCCCCCCCOC(F)(F)c1ccc(F)c(F)c1F)(OC)OC. The van der Waals surface area contributed by atoms with Crippen molar-refractivity contribution in [2.45, 2.75) is 69.9 Å². The molecule has 1 aromatic rings. The van der Waals surface area contributed by atoms with Gasteiger partial charge in [0.2, 0.25) is 0 Å². The van der Waals surface area contributed by atoms with Gasteiger partial charge in [-0.3, -0.25) is 0 Å². The molecule has 4 nitrogen and oxygen atoms in total. The van der Waals surface area contributed by atoms with Crippen LogP contribution in [-0.4, -0.2) is 36.7 Å². The predicted molar refractivity (Wildman–Crippen MR) is 109 cm³/mol. The molecule has 10 heteroatoms. The lowest BCUT2D eigenvalue weighted by Crippen LogP contribution is -2.42. The first-order valence-corrected chi connectivity index (χ1v) is 12.5. The molecular formula is C21H33F5O4Si. The third-order valence-corrected chi connectivity index (χ3v) is 8.02. The molecule has 1 aromatic carbocycles. The molecule has 0 N–H and O–H groups in total. The second-order valence-electron chi connectivity index (χ2n) is 7.32. The highest BCUT2D eigenvalue weighted by Gasteiger charge is 2.38. The van der Waals surface area contributed by atoms with E-state index in [1.54, 1.807) is 21.3 Å².